The highest BCUT2D eigenvalue weighted by molar-refractivity contribution is 9.10. The van der Waals surface area contributed by atoms with Crippen LogP contribution in [0.25, 0.3) is 0 Å². The van der Waals surface area contributed by atoms with Gasteiger partial charge in [0, 0.05) is 10.0 Å². The van der Waals surface area contributed by atoms with Crippen LogP contribution in [0.3, 0.4) is 0 Å². The summed E-state index contributed by atoms with van der Waals surface area (Å²) >= 11 is 3.40. The molecule has 1 amide bonds. The summed E-state index contributed by atoms with van der Waals surface area (Å²) in [5.41, 5.74) is 6.52. The van der Waals surface area contributed by atoms with E-state index in [0.717, 1.165) is 21.2 Å². The molecule has 128 valence electrons. The summed E-state index contributed by atoms with van der Waals surface area (Å²) < 4.78 is 6.34. The van der Waals surface area contributed by atoms with Crippen LogP contribution < -0.4 is 10.2 Å². The number of rotatable bonds is 6. The van der Waals surface area contributed by atoms with Crippen molar-refractivity contribution in [3.8, 4) is 18.1 Å². The van der Waals surface area contributed by atoms with Gasteiger partial charge in [0.05, 0.1) is 12.6 Å². The third kappa shape index (κ3) is 5.77. The van der Waals surface area contributed by atoms with Gasteiger partial charge in [0.2, 0.25) is 5.91 Å². The maximum absolute atomic E-state index is 12.1. The molecule has 0 saturated heterocycles. The van der Waals surface area contributed by atoms with Gasteiger partial charge in [-0.1, -0.05) is 45.6 Å². The number of halogens is 1. The van der Waals surface area contributed by atoms with E-state index in [0.29, 0.717) is 5.75 Å². The van der Waals surface area contributed by atoms with Crippen molar-refractivity contribution >= 4 is 28.1 Å². The van der Waals surface area contributed by atoms with Gasteiger partial charge in [-0.2, -0.15) is 5.10 Å². The van der Waals surface area contributed by atoms with E-state index in [1.165, 1.54) is 11.8 Å². The highest BCUT2D eigenvalue weighted by atomic mass is 79.9. The third-order valence-corrected chi connectivity index (χ3v) is 4.02. The number of hydrogen-bond donors (Lipinski definition) is 1. The average Bonchev–Trinajstić information content (AvgIpc) is 2.57. The number of terminal acetylenes is 1. The van der Waals surface area contributed by atoms with Crippen molar-refractivity contribution in [2.24, 2.45) is 5.10 Å². The molecule has 25 heavy (non-hydrogen) atoms. The molecule has 0 radical (unpaired) electrons. The Balaban J connectivity index is 2.01. The van der Waals surface area contributed by atoms with E-state index in [1.54, 1.807) is 6.07 Å². The molecule has 5 heteroatoms. The van der Waals surface area contributed by atoms with E-state index >= 15 is 0 Å². The number of amides is 1. The summed E-state index contributed by atoms with van der Waals surface area (Å²) in [5.74, 6) is 2.85. The van der Waals surface area contributed by atoms with Crippen LogP contribution in [0.2, 0.25) is 0 Å². The fourth-order valence-electron chi connectivity index (χ4n) is 2.30. The number of carbonyl (C=O) groups is 1. The summed E-state index contributed by atoms with van der Waals surface area (Å²) in [6, 6.07) is 11.5. The second-order valence-corrected chi connectivity index (χ2v) is 6.49. The molecule has 2 rings (SSSR count). The van der Waals surface area contributed by atoms with Gasteiger partial charge in [0.1, 0.15) is 12.4 Å². The zero-order valence-electron chi connectivity index (χ0n) is 14.2. The lowest BCUT2D eigenvalue weighted by molar-refractivity contribution is -0.120. The Kier molecular flexibility index (Phi) is 6.79. The molecule has 0 saturated carbocycles. The maximum atomic E-state index is 12.1. The molecule has 0 aliphatic rings. The molecule has 0 atom stereocenters. The highest BCUT2D eigenvalue weighted by Crippen LogP contribution is 2.21. The van der Waals surface area contributed by atoms with Crippen LogP contribution in [0.1, 0.15) is 22.3 Å². The molecule has 2 aromatic carbocycles. The van der Waals surface area contributed by atoms with Crippen LogP contribution >= 0.6 is 15.9 Å². The number of nitrogens with zero attached hydrogens (tertiary/aromatic N) is 1. The van der Waals surface area contributed by atoms with Gasteiger partial charge in [0.15, 0.2) is 0 Å². The van der Waals surface area contributed by atoms with E-state index in [1.807, 2.05) is 38.1 Å². The second-order valence-electron chi connectivity index (χ2n) is 5.57. The van der Waals surface area contributed by atoms with E-state index in [9.17, 15) is 4.79 Å². The summed E-state index contributed by atoms with van der Waals surface area (Å²) in [6.45, 7) is 4.19. The first-order chi connectivity index (χ1) is 12.0. The van der Waals surface area contributed by atoms with Gasteiger partial charge >= 0.3 is 0 Å². The summed E-state index contributed by atoms with van der Waals surface area (Å²) in [7, 11) is 0. The van der Waals surface area contributed by atoms with Crippen molar-refractivity contribution in [1.29, 1.82) is 0 Å². The number of carbonyl (C=O) groups excluding carboxylic acids is 1. The molecule has 4 nitrogen and oxygen atoms in total. The van der Waals surface area contributed by atoms with Gasteiger partial charge in [0.25, 0.3) is 0 Å². The minimum absolute atomic E-state index is 0.168. The smallest absolute Gasteiger partial charge is 0.244 e. The molecule has 0 bridgehead atoms. The molecule has 0 heterocycles. The molecule has 0 unspecified atom stereocenters. The van der Waals surface area contributed by atoms with Crippen LogP contribution in [0.15, 0.2) is 46.0 Å². The molecule has 0 spiro atoms. The van der Waals surface area contributed by atoms with Crippen molar-refractivity contribution in [3.63, 3.8) is 0 Å². The summed E-state index contributed by atoms with van der Waals surface area (Å²) in [6.07, 6.45) is 7.03. The number of nitrogens with one attached hydrogen (secondary N) is 1. The van der Waals surface area contributed by atoms with Gasteiger partial charge in [-0.15, -0.1) is 6.42 Å². The van der Waals surface area contributed by atoms with Crippen LogP contribution in [0.5, 0.6) is 5.75 Å². The number of hydrogen-bond acceptors (Lipinski definition) is 3. The van der Waals surface area contributed by atoms with Crippen LogP contribution in [-0.4, -0.2) is 18.7 Å². The van der Waals surface area contributed by atoms with Gasteiger partial charge in [-0.05, 0) is 43.2 Å². The molecule has 2 aromatic rings. The van der Waals surface area contributed by atoms with E-state index in [2.05, 4.69) is 38.4 Å². The molecule has 0 aromatic heterocycles. The second kappa shape index (κ2) is 9.05. The number of hydrazone groups is 1. The Labute approximate surface area is 156 Å². The normalized spacial score (nSPS) is 10.5. The van der Waals surface area contributed by atoms with Crippen LogP contribution in [0, 0.1) is 26.2 Å². The predicted octanol–water partition coefficient (Wildman–Crippen LogP) is 3.77. The minimum Gasteiger partial charge on any atom is -0.480 e. The lowest BCUT2D eigenvalue weighted by Gasteiger charge is -2.07. The number of ether oxygens (including phenoxy) is 1. The molecular formula is C20H19BrN2O2. The van der Waals surface area contributed by atoms with Crippen molar-refractivity contribution < 1.29 is 9.53 Å². The van der Waals surface area contributed by atoms with Crippen molar-refractivity contribution in [2.45, 2.75) is 20.3 Å². The minimum atomic E-state index is -0.177. The first kappa shape index (κ1) is 18.8. The Bertz CT molecular complexity index is 838. The number of benzene rings is 2. The Hall–Kier alpha value is -2.58. The Morgan fingerprint density at radius 3 is 2.84 bits per heavy atom. The summed E-state index contributed by atoms with van der Waals surface area (Å²) in [4.78, 5) is 12.1. The van der Waals surface area contributed by atoms with Crippen molar-refractivity contribution in [1.82, 2.24) is 5.43 Å². The molecule has 0 aliphatic heterocycles. The molecule has 1 N–H and O–H groups in total. The Morgan fingerprint density at radius 2 is 2.12 bits per heavy atom. The number of aryl methyl sites for hydroxylation is 2. The zero-order valence-corrected chi connectivity index (χ0v) is 15.8. The largest absolute Gasteiger partial charge is 0.480 e. The third-order valence-electron chi connectivity index (χ3n) is 3.52. The monoisotopic (exact) mass is 398 g/mol. The van der Waals surface area contributed by atoms with Gasteiger partial charge in [-0.3, -0.25) is 4.79 Å². The molecule has 0 fully saturated rings. The molecular weight excluding hydrogens is 380 g/mol. The van der Waals surface area contributed by atoms with Crippen LogP contribution in [0.4, 0.5) is 0 Å². The van der Waals surface area contributed by atoms with E-state index in [-0.39, 0.29) is 18.9 Å². The van der Waals surface area contributed by atoms with E-state index < -0.39 is 0 Å². The van der Waals surface area contributed by atoms with Gasteiger partial charge < -0.3 is 4.74 Å². The maximum Gasteiger partial charge on any atom is 0.244 e. The highest BCUT2D eigenvalue weighted by Gasteiger charge is 2.06. The molecule has 0 aliphatic carbocycles. The van der Waals surface area contributed by atoms with Crippen LogP contribution in [-0.2, 0) is 11.2 Å². The van der Waals surface area contributed by atoms with Crippen molar-refractivity contribution in [3.05, 3.63) is 63.1 Å². The SMILES string of the molecule is C#CCOc1ccc(Br)cc1/C=N/NC(=O)Cc1ccc(C)cc1C. The Morgan fingerprint density at radius 1 is 1.32 bits per heavy atom. The van der Waals surface area contributed by atoms with Crippen molar-refractivity contribution in [2.75, 3.05) is 6.61 Å². The fraction of sp³-hybridized carbons (Fsp3) is 0.200. The quantitative estimate of drug-likeness (QED) is 0.457. The lowest BCUT2D eigenvalue weighted by Crippen LogP contribution is -2.20. The van der Waals surface area contributed by atoms with E-state index in [4.69, 9.17) is 11.2 Å². The fourth-order valence-corrected chi connectivity index (χ4v) is 2.68. The first-order valence-corrected chi connectivity index (χ1v) is 8.52. The average molecular weight is 399 g/mol. The standard InChI is InChI=1S/C20H19BrN2O2/c1-4-9-25-19-8-7-18(21)11-17(19)13-22-23-20(24)12-16-6-5-14(2)10-15(16)3/h1,5-8,10-11,13H,9,12H2,2-3H3,(H,23,24)/b22-13+. The first-order valence-electron chi connectivity index (χ1n) is 7.73. The summed E-state index contributed by atoms with van der Waals surface area (Å²) in [5, 5.41) is 4.02. The topological polar surface area (TPSA) is 50.7 Å². The predicted molar refractivity (Wildman–Crippen MR) is 104 cm³/mol. The zero-order chi connectivity index (χ0) is 18.2. The lowest BCUT2D eigenvalue weighted by atomic mass is 10.0. The van der Waals surface area contributed by atoms with Gasteiger partial charge in [-0.25, -0.2) is 5.43 Å².